The van der Waals surface area contributed by atoms with Crippen molar-refractivity contribution in [2.45, 2.75) is 25.4 Å². The van der Waals surface area contributed by atoms with Gasteiger partial charge in [-0.3, -0.25) is 4.79 Å². The maximum Gasteiger partial charge on any atom is 0.225 e. The van der Waals surface area contributed by atoms with Crippen molar-refractivity contribution >= 4 is 23.6 Å². The van der Waals surface area contributed by atoms with Gasteiger partial charge in [-0.2, -0.15) is 11.3 Å². The standard InChI is InChI=1S/C13H13N3OS/c17-8-11-5-14-13(15-6-11)16(12-1-2-12)7-10-3-4-18-9-10/h3-6,8-9,12H,1-2,7H2. The van der Waals surface area contributed by atoms with Gasteiger partial charge in [-0.05, 0) is 35.2 Å². The van der Waals surface area contributed by atoms with Gasteiger partial charge in [0.1, 0.15) is 0 Å². The molecule has 2 heterocycles. The maximum atomic E-state index is 10.6. The summed E-state index contributed by atoms with van der Waals surface area (Å²) >= 11 is 1.70. The first-order valence-corrected chi connectivity index (χ1v) is 6.86. The van der Waals surface area contributed by atoms with Crippen LogP contribution in [0, 0.1) is 0 Å². The highest BCUT2D eigenvalue weighted by atomic mass is 32.1. The fraction of sp³-hybridized carbons (Fsp3) is 0.308. The van der Waals surface area contributed by atoms with Gasteiger partial charge in [0.15, 0.2) is 6.29 Å². The van der Waals surface area contributed by atoms with Crippen molar-refractivity contribution in [1.82, 2.24) is 9.97 Å². The van der Waals surface area contributed by atoms with Gasteiger partial charge in [0.05, 0.1) is 5.56 Å². The number of aromatic nitrogens is 2. The zero-order chi connectivity index (χ0) is 12.4. The van der Waals surface area contributed by atoms with Gasteiger partial charge >= 0.3 is 0 Å². The van der Waals surface area contributed by atoms with E-state index in [2.05, 4.69) is 31.7 Å². The third-order valence-electron chi connectivity index (χ3n) is 2.97. The van der Waals surface area contributed by atoms with Crippen molar-refractivity contribution in [1.29, 1.82) is 0 Å². The number of rotatable bonds is 5. The normalized spacial score (nSPS) is 14.4. The van der Waals surface area contributed by atoms with E-state index in [-0.39, 0.29) is 0 Å². The molecular formula is C13H13N3OS. The Morgan fingerprint density at radius 3 is 2.72 bits per heavy atom. The van der Waals surface area contributed by atoms with Crippen LogP contribution in [-0.4, -0.2) is 22.3 Å². The second kappa shape index (κ2) is 4.86. The minimum atomic E-state index is 0.519. The van der Waals surface area contributed by atoms with Gasteiger partial charge in [-0.25, -0.2) is 9.97 Å². The minimum Gasteiger partial charge on any atom is -0.333 e. The fourth-order valence-corrected chi connectivity index (χ4v) is 2.53. The third kappa shape index (κ3) is 2.41. The summed E-state index contributed by atoms with van der Waals surface area (Å²) < 4.78 is 0. The van der Waals surface area contributed by atoms with Gasteiger partial charge in [-0.15, -0.1) is 0 Å². The van der Waals surface area contributed by atoms with Crippen LogP contribution in [-0.2, 0) is 6.54 Å². The number of carbonyl (C=O) groups excluding carboxylic acids is 1. The van der Waals surface area contributed by atoms with Crippen LogP contribution in [0.2, 0.25) is 0 Å². The number of thiophene rings is 1. The Morgan fingerprint density at radius 2 is 2.17 bits per heavy atom. The average Bonchev–Trinajstić information content (AvgIpc) is 3.13. The Labute approximate surface area is 109 Å². The molecule has 1 fully saturated rings. The van der Waals surface area contributed by atoms with Crippen LogP contribution >= 0.6 is 11.3 Å². The molecule has 0 unspecified atom stereocenters. The SMILES string of the molecule is O=Cc1cnc(N(Cc2ccsc2)C2CC2)nc1. The number of carbonyl (C=O) groups is 1. The van der Waals surface area contributed by atoms with Crippen molar-refractivity contribution in [3.63, 3.8) is 0 Å². The largest absolute Gasteiger partial charge is 0.333 e. The van der Waals surface area contributed by atoms with Crippen LogP contribution in [0.1, 0.15) is 28.8 Å². The lowest BCUT2D eigenvalue weighted by atomic mass is 10.3. The first-order chi connectivity index (χ1) is 8.86. The maximum absolute atomic E-state index is 10.6. The number of hydrogen-bond donors (Lipinski definition) is 0. The molecule has 0 amide bonds. The van der Waals surface area contributed by atoms with Gasteiger partial charge in [0.25, 0.3) is 0 Å². The van der Waals surface area contributed by atoms with Crippen LogP contribution < -0.4 is 4.90 Å². The first-order valence-electron chi connectivity index (χ1n) is 5.92. The fourth-order valence-electron chi connectivity index (χ4n) is 1.87. The molecule has 0 radical (unpaired) electrons. The molecule has 0 bridgehead atoms. The van der Waals surface area contributed by atoms with E-state index >= 15 is 0 Å². The Kier molecular flexibility index (Phi) is 3.06. The Balaban J connectivity index is 1.82. The predicted molar refractivity (Wildman–Crippen MR) is 70.9 cm³/mol. The predicted octanol–water partition coefficient (Wildman–Crippen LogP) is 2.52. The lowest BCUT2D eigenvalue weighted by Crippen LogP contribution is -2.26. The van der Waals surface area contributed by atoms with E-state index in [4.69, 9.17) is 0 Å². The smallest absolute Gasteiger partial charge is 0.225 e. The molecule has 1 aliphatic rings. The molecule has 92 valence electrons. The quantitative estimate of drug-likeness (QED) is 0.774. The van der Waals surface area contributed by atoms with Gasteiger partial charge in [0.2, 0.25) is 5.95 Å². The van der Waals surface area contributed by atoms with Crippen LogP contribution in [0.4, 0.5) is 5.95 Å². The van der Waals surface area contributed by atoms with Crippen LogP contribution in [0.5, 0.6) is 0 Å². The average molecular weight is 259 g/mol. The lowest BCUT2D eigenvalue weighted by molar-refractivity contribution is 0.112. The Bertz CT molecular complexity index is 520. The molecule has 0 aromatic carbocycles. The third-order valence-corrected chi connectivity index (χ3v) is 3.70. The van der Waals surface area contributed by atoms with E-state index in [1.807, 2.05) is 0 Å². The molecule has 0 aliphatic heterocycles. The lowest BCUT2D eigenvalue weighted by Gasteiger charge is -2.21. The summed E-state index contributed by atoms with van der Waals surface area (Å²) in [7, 11) is 0. The number of nitrogens with zero attached hydrogens (tertiary/aromatic N) is 3. The number of hydrogen-bond acceptors (Lipinski definition) is 5. The summed E-state index contributed by atoms with van der Waals surface area (Å²) in [5.41, 5.74) is 1.81. The van der Waals surface area contributed by atoms with Gasteiger partial charge in [0, 0.05) is 25.0 Å². The Hall–Kier alpha value is -1.75. The van der Waals surface area contributed by atoms with E-state index in [1.165, 1.54) is 18.4 Å². The van der Waals surface area contributed by atoms with Crippen molar-refractivity contribution in [2.75, 3.05) is 4.90 Å². The summed E-state index contributed by atoms with van der Waals surface area (Å²) in [4.78, 5) is 21.4. The van der Waals surface area contributed by atoms with Crippen LogP contribution in [0.3, 0.4) is 0 Å². The molecule has 2 aromatic heterocycles. The van der Waals surface area contributed by atoms with Crippen molar-refractivity contribution in [3.8, 4) is 0 Å². The summed E-state index contributed by atoms with van der Waals surface area (Å²) in [6.45, 7) is 0.842. The highest BCUT2D eigenvalue weighted by Gasteiger charge is 2.30. The molecule has 0 atom stereocenters. The van der Waals surface area contributed by atoms with E-state index in [1.54, 1.807) is 23.7 Å². The molecule has 4 nitrogen and oxygen atoms in total. The van der Waals surface area contributed by atoms with Crippen molar-refractivity contribution in [2.24, 2.45) is 0 Å². The molecule has 0 saturated heterocycles. The molecule has 3 rings (SSSR count). The van der Waals surface area contributed by atoms with Gasteiger partial charge in [-0.1, -0.05) is 0 Å². The van der Waals surface area contributed by atoms with Crippen molar-refractivity contribution in [3.05, 3.63) is 40.3 Å². The monoisotopic (exact) mass is 259 g/mol. The molecule has 2 aromatic rings. The van der Waals surface area contributed by atoms with E-state index in [9.17, 15) is 4.79 Å². The van der Waals surface area contributed by atoms with Crippen LogP contribution in [0.25, 0.3) is 0 Å². The summed E-state index contributed by atoms with van der Waals surface area (Å²) in [6, 6.07) is 2.67. The Morgan fingerprint density at radius 1 is 1.39 bits per heavy atom. The van der Waals surface area contributed by atoms with Gasteiger partial charge < -0.3 is 4.90 Å². The summed E-state index contributed by atoms with van der Waals surface area (Å²) in [5, 5.41) is 4.23. The molecule has 5 heteroatoms. The number of aldehydes is 1. The second-order valence-corrected chi connectivity index (χ2v) is 5.20. The zero-order valence-corrected chi connectivity index (χ0v) is 10.6. The number of anilines is 1. The molecular weight excluding hydrogens is 246 g/mol. The molecule has 18 heavy (non-hydrogen) atoms. The zero-order valence-electron chi connectivity index (χ0n) is 9.82. The van der Waals surface area contributed by atoms with E-state index in [0.29, 0.717) is 17.6 Å². The molecule has 0 N–H and O–H groups in total. The minimum absolute atomic E-state index is 0.519. The van der Waals surface area contributed by atoms with E-state index < -0.39 is 0 Å². The topological polar surface area (TPSA) is 46.1 Å². The summed E-state index contributed by atoms with van der Waals surface area (Å²) in [5.74, 6) is 0.717. The molecule has 1 saturated carbocycles. The van der Waals surface area contributed by atoms with E-state index in [0.717, 1.165) is 12.8 Å². The molecule has 1 aliphatic carbocycles. The first kappa shape index (κ1) is 11.3. The second-order valence-electron chi connectivity index (χ2n) is 4.42. The highest BCUT2D eigenvalue weighted by molar-refractivity contribution is 7.07. The highest BCUT2D eigenvalue weighted by Crippen LogP contribution is 2.31. The molecule has 0 spiro atoms. The van der Waals surface area contributed by atoms with Crippen molar-refractivity contribution < 1.29 is 4.79 Å². The summed E-state index contributed by atoms with van der Waals surface area (Å²) in [6.07, 6.45) is 6.33. The van der Waals surface area contributed by atoms with Crippen LogP contribution in [0.15, 0.2) is 29.2 Å².